The van der Waals surface area contributed by atoms with Crippen molar-refractivity contribution in [3.05, 3.63) is 54.5 Å². The van der Waals surface area contributed by atoms with Crippen molar-refractivity contribution in [3.63, 3.8) is 0 Å². The molecule has 4 aromatic rings. The predicted molar refractivity (Wildman–Crippen MR) is 154 cm³/mol. The Morgan fingerprint density at radius 1 is 0.976 bits per heavy atom. The molecule has 0 spiro atoms. The number of fused-ring (bicyclic) bond motifs is 1. The van der Waals surface area contributed by atoms with Crippen LogP contribution in [0.25, 0.3) is 10.9 Å². The lowest BCUT2D eigenvalue weighted by molar-refractivity contribution is 0.122. The van der Waals surface area contributed by atoms with Crippen molar-refractivity contribution >= 4 is 22.7 Å². The predicted octanol–water partition coefficient (Wildman–Crippen LogP) is 2.17. The Labute approximate surface area is 238 Å². The van der Waals surface area contributed by atoms with Gasteiger partial charge >= 0.3 is 0 Å². The van der Waals surface area contributed by atoms with Gasteiger partial charge in [-0.15, -0.1) is 0 Å². The first kappa shape index (κ1) is 29.9. The topological polar surface area (TPSA) is 189 Å². The molecule has 1 unspecified atom stereocenters. The van der Waals surface area contributed by atoms with Gasteiger partial charge in [-0.05, 0) is 38.7 Å². The quantitative estimate of drug-likeness (QED) is 0.347. The number of hydrogen-bond donors (Lipinski definition) is 1. The Balaban J connectivity index is 0.00000194. The van der Waals surface area contributed by atoms with E-state index in [1.807, 2.05) is 36.9 Å². The van der Waals surface area contributed by atoms with Crippen molar-refractivity contribution < 1.29 is 25.2 Å². The lowest BCUT2D eigenvalue weighted by atomic mass is 9.85. The zero-order chi connectivity index (χ0) is 26.8. The minimum absolute atomic E-state index is 0. The summed E-state index contributed by atoms with van der Waals surface area (Å²) in [6.07, 6.45) is 12.5. The standard InChI is InChI=1S/C28H34N8O3.2H2O/c1-18(25-17-33-28(29)35(25)2)38-21-13-22-23(32-15-21)14-26(36-9-11-37-12-10-36)34-27(22)39-20-5-3-19(4-6-20)24-16-30-7-8-31-24;;/h7-8,13-20H,3-6,9-12H2,1-2H3,(H2,29,33);2*1H2. The third-order valence-corrected chi connectivity index (χ3v) is 7.68. The summed E-state index contributed by atoms with van der Waals surface area (Å²) in [5.41, 5.74) is 8.67. The van der Waals surface area contributed by atoms with Crippen molar-refractivity contribution in [2.45, 2.75) is 50.7 Å². The monoisotopic (exact) mass is 566 g/mol. The van der Waals surface area contributed by atoms with Crippen molar-refractivity contribution in [1.82, 2.24) is 29.5 Å². The van der Waals surface area contributed by atoms with E-state index in [2.05, 4.69) is 19.9 Å². The fourth-order valence-corrected chi connectivity index (χ4v) is 5.41. The molecule has 4 aromatic heterocycles. The number of hydrogen-bond acceptors (Lipinski definition) is 10. The van der Waals surface area contributed by atoms with Gasteiger partial charge in [0.15, 0.2) is 5.95 Å². The van der Waals surface area contributed by atoms with Gasteiger partial charge in [-0.2, -0.15) is 4.98 Å². The van der Waals surface area contributed by atoms with Crippen LogP contribution >= 0.6 is 0 Å². The van der Waals surface area contributed by atoms with Crippen LogP contribution in [0.5, 0.6) is 11.6 Å². The van der Waals surface area contributed by atoms with Gasteiger partial charge < -0.3 is 40.4 Å². The second kappa shape index (κ2) is 13.1. The molecule has 2 aliphatic rings. The number of nitrogen functional groups attached to an aromatic ring is 1. The van der Waals surface area contributed by atoms with E-state index in [0.29, 0.717) is 36.7 Å². The highest BCUT2D eigenvalue weighted by atomic mass is 16.5. The van der Waals surface area contributed by atoms with Crippen LogP contribution < -0.4 is 20.1 Å². The van der Waals surface area contributed by atoms with E-state index < -0.39 is 0 Å². The highest BCUT2D eigenvalue weighted by molar-refractivity contribution is 5.87. The van der Waals surface area contributed by atoms with Crippen LogP contribution in [-0.4, -0.2) is 72.8 Å². The molecular weight excluding hydrogens is 528 g/mol. The number of pyridine rings is 2. The molecule has 1 saturated heterocycles. The van der Waals surface area contributed by atoms with Gasteiger partial charge in [0.05, 0.1) is 47.9 Å². The molecular formula is C28H38N8O5. The van der Waals surface area contributed by atoms with Crippen LogP contribution in [0.4, 0.5) is 11.8 Å². The van der Waals surface area contributed by atoms with Crippen LogP contribution in [0, 0.1) is 0 Å². The van der Waals surface area contributed by atoms with Crippen LogP contribution in [0.15, 0.2) is 43.1 Å². The van der Waals surface area contributed by atoms with Gasteiger partial charge in [0, 0.05) is 50.7 Å². The zero-order valence-corrected chi connectivity index (χ0v) is 23.4. The number of morpholine rings is 1. The summed E-state index contributed by atoms with van der Waals surface area (Å²) in [7, 11) is 1.87. The SMILES string of the molecule is CC(Oc1cnc2cc(N3CCOCC3)nc(OC3CCC(c4cnccn4)CC3)c2c1)c1cnc(N)n1C.O.O. The minimum Gasteiger partial charge on any atom is -0.483 e. The Kier molecular flexibility index (Phi) is 9.53. The lowest BCUT2D eigenvalue weighted by Gasteiger charge is -2.30. The van der Waals surface area contributed by atoms with Crippen molar-refractivity contribution in [2.75, 3.05) is 36.9 Å². The van der Waals surface area contributed by atoms with Crippen LogP contribution in [0.2, 0.25) is 0 Å². The van der Waals surface area contributed by atoms with Gasteiger partial charge in [-0.25, -0.2) is 4.98 Å². The molecule has 13 heteroatoms. The molecule has 0 bridgehead atoms. The zero-order valence-electron chi connectivity index (χ0n) is 23.4. The fourth-order valence-electron chi connectivity index (χ4n) is 5.41. The smallest absolute Gasteiger partial charge is 0.225 e. The van der Waals surface area contributed by atoms with Gasteiger partial charge in [-0.1, -0.05) is 0 Å². The highest BCUT2D eigenvalue weighted by Crippen LogP contribution is 2.36. The van der Waals surface area contributed by atoms with E-state index >= 15 is 0 Å². The summed E-state index contributed by atoms with van der Waals surface area (Å²) in [6, 6.07) is 3.99. The van der Waals surface area contributed by atoms with Crippen LogP contribution in [-0.2, 0) is 11.8 Å². The van der Waals surface area contributed by atoms with E-state index in [9.17, 15) is 0 Å². The van der Waals surface area contributed by atoms with Gasteiger partial charge in [0.2, 0.25) is 5.88 Å². The number of nitrogens with zero attached hydrogens (tertiary/aromatic N) is 7. The van der Waals surface area contributed by atoms with E-state index in [-0.39, 0.29) is 23.2 Å². The first-order chi connectivity index (χ1) is 19.0. The molecule has 6 rings (SSSR count). The third kappa shape index (κ3) is 6.47. The van der Waals surface area contributed by atoms with E-state index in [0.717, 1.165) is 66.9 Å². The number of anilines is 2. The van der Waals surface area contributed by atoms with Gasteiger partial charge in [0.25, 0.3) is 0 Å². The van der Waals surface area contributed by atoms with Crippen LogP contribution in [0.3, 0.4) is 0 Å². The maximum absolute atomic E-state index is 6.62. The molecule has 0 amide bonds. The Bertz CT molecular complexity index is 1420. The molecule has 220 valence electrons. The van der Waals surface area contributed by atoms with Gasteiger partial charge in [-0.3, -0.25) is 15.0 Å². The molecule has 0 aromatic carbocycles. The summed E-state index contributed by atoms with van der Waals surface area (Å²) in [5, 5.41) is 0.831. The summed E-state index contributed by atoms with van der Waals surface area (Å²) >= 11 is 0. The van der Waals surface area contributed by atoms with E-state index in [1.54, 1.807) is 24.8 Å². The molecule has 1 atom stereocenters. The molecule has 13 nitrogen and oxygen atoms in total. The molecule has 1 aliphatic carbocycles. The van der Waals surface area contributed by atoms with E-state index in [4.69, 9.17) is 29.9 Å². The highest BCUT2D eigenvalue weighted by Gasteiger charge is 2.26. The molecule has 41 heavy (non-hydrogen) atoms. The average Bonchev–Trinajstić information content (AvgIpc) is 3.32. The first-order valence-electron chi connectivity index (χ1n) is 13.5. The second-order valence-corrected chi connectivity index (χ2v) is 10.2. The fraction of sp³-hybridized carbons (Fsp3) is 0.464. The molecule has 6 N–H and O–H groups in total. The maximum atomic E-state index is 6.62. The lowest BCUT2D eigenvalue weighted by Crippen LogP contribution is -2.36. The maximum Gasteiger partial charge on any atom is 0.225 e. The van der Waals surface area contributed by atoms with Crippen LogP contribution in [0.1, 0.15) is 56.0 Å². The summed E-state index contributed by atoms with van der Waals surface area (Å²) in [6.45, 7) is 4.90. The first-order valence-corrected chi connectivity index (χ1v) is 13.5. The normalized spacial score (nSPS) is 19.6. The third-order valence-electron chi connectivity index (χ3n) is 7.68. The van der Waals surface area contributed by atoms with Crippen molar-refractivity contribution in [2.24, 2.45) is 7.05 Å². The number of ether oxygens (including phenoxy) is 3. The Morgan fingerprint density at radius 2 is 1.76 bits per heavy atom. The second-order valence-electron chi connectivity index (χ2n) is 10.2. The summed E-state index contributed by atoms with van der Waals surface area (Å²) in [5.74, 6) is 2.93. The van der Waals surface area contributed by atoms with Crippen molar-refractivity contribution in [1.29, 1.82) is 0 Å². The number of rotatable bonds is 7. The van der Waals surface area contributed by atoms with Crippen molar-refractivity contribution in [3.8, 4) is 11.6 Å². The van der Waals surface area contributed by atoms with E-state index in [1.165, 1.54) is 0 Å². The Morgan fingerprint density at radius 3 is 2.44 bits per heavy atom. The molecule has 1 saturated carbocycles. The Hall–Kier alpha value is -4.07. The number of imidazole rings is 1. The molecule has 0 radical (unpaired) electrons. The summed E-state index contributed by atoms with van der Waals surface area (Å²) < 4.78 is 20.2. The molecule has 5 heterocycles. The summed E-state index contributed by atoms with van der Waals surface area (Å²) in [4.78, 5) is 24.9. The minimum atomic E-state index is -0.264. The largest absolute Gasteiger partial charge is 0.483 e. The van der Waals surface area contributed by atoms with Gasteiger partial charge in [0.1, 0.15) is 23.8 Å². The number of aromatic nitrogens is 6. The molecule has 1 aliphatic heterocycles. The molecule has 2 fully saturated rings. The number of nitrogens with two attached hydrogens (primary N) is 1. The average molecular weight is 567 g/mol.